The Kier molecular flexibility index (Phi) is 4.20. The predicted molar refractivity (Wildman–Crippen MR) is 102 cm³/mol. The van der Waals surface area contributed by atoms with Crippen molar-refractivity contribution in [1.29, 1.82) is 0 Å². The number of aromatic nitrogens is 4. The smallest absolute Gasteiger partial charge is 0.235 e. The van der Waals surface area contributed by atoms with Gasteiger partial charge in [0.05, 0.1) is 17.1 Å². The van der Waals surface area contributed by atoms with Crippen molar-refractivity contribution in [3.63, 3.8) is 0 Å². The number of rotatable bonds is 3. The van der Waals surface area contributed by atoms with E-state index in [1.807, 2.05) is 13.0 Å². The number of benzene rings is 1. The van der Waals surface area contributed by atoms with Crippen molar-refractivity contribution >= 4 is 31.6 Å². The Balaban J connectivity index is 2.02. The predicted octanol–water partition coefficient (Wildman–Crippen LogP) is 3.67. The van der Waals surface area contributed by atoms with Crippen LogP contribution in [0.3, 0.4) is 0 Å². The fraction of sp³-hybridized carbons (Fsp3) is 0.111. The Bertz CT molecular complexity index is 1270. The van der Waals surface area contributed by atoms with E-state index in [2.05, 4.69) is 19.3 Å². The van der Waals surface area contributed by atoms with E-state index in [9.17, 15) is 12.8 Å². The molecular weight excluding hydrogens is 387 g/mol. The molecule has 4 rings (SSSR count). The second-order valence-electron chi connectivity index (χ2n) is 6.01. The van der Waals surface area contributed by atoms with Gasteiger partial charge in [-0.1, -0.05) is 0 Å². The summed E-state index contributed by atoms with van der Waals surface area (Å²) in [6, 6.07) is 9.46. The molecule has 0 bridgehead atoms. The van der Waals surface area contributed by atoms with Crippen molar-refractivity contribution in [2.45, 2.75) is 12.1 Å². The van der Waals surface area contributed by atoms with Crippen LogP contribution in [0, 0.1) is 12.7 Å². The maximum Gasteiger partial charge on any atom is 0.247 e. The second kappa shape index (κ2) is 6.43. The first-order chi connectivity index (χ1) is 12.8. The summed E-state index contributed by atoms with van der Waals surface area (Å²) in [4.78, 5) is 13.5. The molecule has 0 spiro atoms. The van der Waals surface area contributed by atoms with Crippen molar-refractivity contribution in [1.82, 2.24) is 19.3 Å². The molecule has 3 aromatic heterocycles. The van der Waals surface area contributed by atoms with E-state index in [0.717, 1.165) is 22.2 Å². The van der Waals surface area contributed by atoms with Crippen LogP contribution in [0.4, 0.5) is 4.39 Å². The van der Waals surface area contributed by atoms with Gasteiger partial charge in [0.25, 0.3) is 0 Å². The summed E-state index contributed by atoms with van der Waals surface area (Å²) in [5.41, 5.74) is 3.14. The average molecular weight is 400 g/mol. The highest BCUT2D eigenvalue weighted by Crippen LogP contribution is 2.34. The highest BCUT2D eigenvalue weighted by molar-refractivity contribution is 7.90. The molecule has 0 aliphatic rings. The first-order valence-electron chi connectivity index (χ1n) is 7.89. The first-order valence-corrected chi connectivity index (χ1v) is 10.6. The Hall–Kier alpha value is -2.78. The summed E-state index contributed by atoms with van der Waals surface area (Å²) in [5.74, 6) is -0.351. The fourth-order valence-electron chi connectivity index (χ4n) is 2.68. The summed E-state index contributed by atoms with van der Waals surface area (Å²) in [6.45, 7) is 1.88. The first kappa shape index (κ1) is 17.6. The number of hydrogen-bond acceptors (Lipinski definition) is 7. The highest BCUT2D eigenvalue weighted by atomic mass is 32.2. The third-order valence-corrected chi connectivity index (χ3v) is 5.71. The van der Waals surface area contributed by atoms with Crippen molar-refractivity contribution in [2.24, 2.45) is 0 Å². The van der Waals surface area contributed by atoms with Crippen LogP contribution in [0.1, 0.15) is 5.69 Å². The molecule has 0 saturated heterocycles. The molecule has 0 saturated carbocycles. The number of fused-ring (bicyclic) bond motifs is 1. The zero-order valence-corrected chi connectivity index (χ0v) is 16.0. The molecule has 0 aliphatic heterocycles. The molecule has 0 unspecified atom stereocenters. The van der Waals surface area contributed by atoms with Crippen LogP contribution in [0.25, 0.3) is 32.7 Å². The molecule has 27 heavy (non-hydrogen) atoms. The van der Waals surface area contributed by atoms with E-state index in [1.165, 1.54) is 29.9 Å². The van der Waals surface area contributed by atoms with Gasteiger partial charge in [-0.2, -0.15) is 4.37 Å². The van der Waals surface area contributed by atoms with Crippen molar-refractivity contribution in [2.75, 3.05) is 6.26 Å². The average Bonchev–Trinajstić information content (AvgIpc) is 3.01. The molecule has 0 N–H and O–H groups in total. The van der Waals surface area contributed by atoms with Crippen LogP contribution >= 0.6 is 11.5 Å². The number of sulfone groups is 1. The third-order valence-electron chi connectivity index (χ3n) is 4.01. The molecule has 3 heterocycles. The number of aryl methyl sites for hydroxylation is 1. The van der Waals surface area contributed by atoms with Crippen molar-refractivity contribution in [3.8, 4) is 22.5 Å². The lowest BCUT2D eigenvalue weighted by Crippen LogP contribution is -2.04. The van der Waals surface area contributed by atoms with Gasteiger partial charge in [0, 0.05) is 29.0 Å². The Morgan fingerprint density at radius 3 is 2.52 bits per heavy atom. The van der Waals surface area contributed by atoms with Gasteiger partial charge in [0.2, 0.25) is 15.0 Å². The molecule has 0 aliphatic carbocycles. The lowest BCUT2D eigenvalue weighted by atomic mass is 10.0. The Labute approximate surface area is 158 Å². The molecule has 1 aromatic carbocycles. The van der Waals surface area contributed by atoms with Crippen LogP contribution < -0.4 is 0 Å². The quantitative estimate of drug-likeness (QED) is 0.488. The summed E-state index contributed by atoms with van der Waals surface area (Å²) in [7, 11) is -3.56. The third kappa shape index (κ3) is 3.31. The monoisotopic (exact) mass is 400 g/mol. The normalized spacial score (nSPS) is 11.8. The molecule has 136 valence electrons. The van der Waals surface area contributed by atoms with E-state index in [0.29, 0.717) is 22.5 Å². The van der Waals surface area contributed by atoms with Crippen LogP contribution in [0.5, 0.6) is 0 Å². The molecule has 9 heteroatoms. The molecule has 0 radical (unpaired) electrons. The van der Waals surface area contributed by atoms with Gasteiger partial charge in [0.15, 0.2) is 0 Å². The second-order valence-corrected chi connectivity index (χ2v) is 8.67. The molecule has 0 atom stereocenters. The minimum Gasteiger partial charge on any atom is -0.235 e. The van der Waals surface area contributed by atoms with E-state index in [4.69, 9.17) is 0 Å². The topological polar surface area (TPSA) is 85.7 Å². The van der Waals surface area contributed by atoms with Crippen molar-refractivity contribution < 1.29 is 12.8 Å². The van der Waals surface area contributed by atoms with E-state index in [-0.39, 0.29) is 11.0 Å². The minimum atomic E-state index is -3.56. The van der Waals surface area contributed by atoms with E-state index < -0.39 is 9.84 Å². The largest absolute Gasteiger partial charge is 0.247 e. The highest BCUT2D eigenvalue weighted by Gasteiger charge is 2.18. The Morgan fingerprint density at radius 2 is 1.81 bits per heavy atom. The summed E-state index contributed by atoms with van der Waals surface area (Å²) in [6.07, 6.45) is 2.46. The zero-order valence-electron chi connectivity index (χ0n) is 14.3. The van der Waals surface area contributed by atoms with Gasteiger partial charge in [-0.15, -0.1) is 0 Å². The molecule has 6 nitrogen and oxygen atoms in total. The van der Waals surface area contributed by atoms with E-state index >= 15 is 0 Å². The van der Waals surface area contributed by atoms with Gasteiger partial charge in [0.1, 0.15) is 10.6 Å². The van der Waals surface area contributed by atoms with Crippen molar-refractivity contribution in [3.05, 3.63) is 54.1 Å². The summed E-state index contributed by atoms with van der Waals surface area (Å²) >= 11 is 1.27. The maximum atomic E-state index is 13.4. The fourth-order valence-corrected chi connectivity index (χ4v) is 3.95. The van der Waals surface area contributed by atoms with Gasteiger partial charge in [-0.05, 0) is 54.9 Å². The standard InChI is InChI=1S/C18H13FN4O2S2/c1-10-13-9-14(15-7-8-20-18(21-15)27(2,24)25)16(22-17(13)26-23-10)11-3-5-12(19)6-4-11/h3-9H,1-2H3. The lowest BCUT2D eigenvalue weighted by molar-refractivity contribution is 0.593. The summed E-state index contributed by atoms with van der Waals surface area (Å²) < 4.78 is 41.4. The van der Waals surface area contributed by atoms with Crippen LogP contribution in [0.2, 0.25) is 0 Å². The molecule has 0 fully saturated rings. The summed E-state index contributed by atoms with van der Waals surface area (Å²) in [5, 5.41) is 0.602. The van der Waals surface area contributed by atoms with Gasteiger partial charge < -0.3 is 0 Å². The SMILES string of the molecule is Cc1nsc2nc(-c3ccc(F)cc3)c(-c3ccnc(S(C)(=O)=O)n3)cc12. The number of halogens is 1. The number of nitrogens with zero attached hydrogens (tertiary/aromatic N) is 4. The van der Waals surface area contributed by atoms with Crippen LogP contribution in [-0.4, -0.2) is 34.0 Å². The number of pyridine rings is 1. The molecule has 0 amide bonds. The van der Waals surface area contributed by atoms with Gasteiger partial charge in [-0.25, -0.2) is 27.8 Å². The van der Waals surface area contributed by atoms with Crippen LogP contribution in [-0.2, 0) is 9.84 Å². The van der Waals surface area contributed by atoms with Crippen LogP contribution in [0.15, 0.2) is 47.8 Å². The Morgan fingerprint density at radius 1 is 1.07 bits per heavy atom. The van der Waals surface area contributed by atoms with E-state index in [1.54, 1.807) is 18.2 Å². The maximum absolute atomic E-state index is 13.4. The molecule has 4 aromatic rings. The lowest BCUT2D eigenvalue weighted by Gasteiger charge is -2.10. The zero-order chi connectivity index (χ0) is 19.2. The van der Waals surface area contributed by atoms with Gasteiger partial charge in [-0.3, -0.25) is 0 Å². The molecular formula is C18H13FN4O2S2. The minimum absolute atomic E-state index is 0.259. The number of hydrogen-bond donors (Lipinski definition) is 0. The van der Waals surface area contributed by atoms with Gasteiger partial charge >= 0.3 is 0 Å².